The maximum atomic E-state index is 7.16. The van der Waals surface area contributed by atoms with E-state index in [0.717, 1.165) is 64.7 Å². The highest BCUT2D eigenvalue weighted by molar-refractivity contribution is 6.94. The van der Waals surface area contributed by atoms with Crippen molar-refractivity contribution >= 4 is 68.1 Å². The van der Waals surface area contributed by atoms with E-state index in [2.05, 4.69) is 224 Å². The van der Waals surface area contributed by atoms with Crippen LogP contribution in [0.5, 0.6) is 0 Å². The molecule has 0 saturated heterocycles. The zero-order valence-electron chi connectivity index (χ0n) is 37.7. The molecular formula is C62H51BN2O. The van der Waals surface area contributed by atoms with E-state index in [4.69, 9.17) is 4.42 Å². The third-order valence-electron chi connectivity index (χ3n) is 14.0. The van der Waals surface area contributed by atoms with Crippen LogP contribution in [-0.4, -0.2) is 6.85 Å². The van der Waals surface area contributed by atoms with Crippen molar-refractivity contribution in [1.29, 1.82) is 0 Å². The van der Waals surface area contributed by atoms with Crippen molar-refractivity contribution in [1.82, 2.24) is 0 Å². The summed E-state index contributed by atoms with van der Waals surface area (Å²) < 4.78 is 7.16. The molecule has 0 N–H and O–H groups in total. The summed E-state index contributed by atoms with van der Waals surface area (Å²) in [6.45, 7) is 4.39. The van der Waals surface area contributed by atoms with Crippen molar-refractivity contribution in [3.63, 3.8) is 0 Å². The number of furan rings is 1. The Morgan fingerprint density at radius 2 is 1.06 bits per heavy atom. The number of nitrogens with zero attached hydrogens (tertiary/aromatic N) is 2. The van der Waals surface area contributed by atoms with Gasteiger partial charge in [-0.05, 0) is 136 Å². The summed E-state index contributed by atoms with van der Waals surface area (Å²) in [5, 5.41) is 2.24. The highest BCUT2D eigenvalue weighted by Crippen LogP contribution is 2.52. The maximum Gasteiger partial charge on any atom is 0.333 e. The lowest BCUT2D eigenvalue weighted by Crippen LogP contribution is -2.61. The minimum atomic E-state index is -0.163. The molecule has 318 valence electrons. The number of hydrogen-bond donors (Lipinski definition) is 0. The molecule has 1 aromatic heterocycles. The second-order valence-corrected chi connectivity index (χ2v) is 18.1. The molecule has 2 aliphatic heterocycles. The predicted octanol–water partition coefficient (Wildman–Crippen LogP) is 16.0. The monoisotopic (exact) mass is 850 g/mol. The van der Waals surface area contributed by atoms with Crippen molar-refractivity contribution in [3.05, 3.63) is 211 Å². The first-order valence-electron chi connectivity index (χ1n) is 23.9. The SMILES string of the molecule is CCCCc1ccc(N2B3c4ccc5c(oc6ccccc65)c4N(c4ccc(CCCC)cc4-c4ccccc4)c4cc(-c5ccccc5)cc(c43)-c3cc(-c4ccccc4)ccc32)cc1. The Bertz CT molecular complexity index is 3400. The number of hydrogen-bond acceptors (Lipinski definition) is 3. The molecule has 0 atom stereocenters. The second-order valence-electron chi connectivity index (χ2n) is 18.1. The van der Waals surface area contributed by atoms with Crippen LogP contribution in [0, 0.1) is 0 Å². The highest BCUT2D eigenvalue weighted by atomic mass is 16.3. The smallest absolute Gasteiger partial charge is 0.333 e. The average Bonchev–Trinajstić information content (AvgIpc) is 3.77. The Balaban J connectivity index is 1.22. The third kappa shape index (κ3) is 6.74. The standard InChI is InChI=1S/C62H51BN2O/c1-3-5-18-42-28-32-49(33-29-42)65-57-37-31-47(44-20-10-7-11-21-44)39-53(57)54-40-48(45-22-12-8-13-23-45)41-58-60(54)63(65)55-35-34-51-50-26-16-17-27-59(50)66-62(51)61(55)64(58)56-36-30-43(19-6-4-2)38-52(56)46-24-14-9-15-25-46/h7-17,20-41H,3-6,18-19H2,1-2H3. The number of para-hydroxylation sites is 1. The summed E-state index contributed by atoms with van der Waals surface area (Å²) in [7, 11) is 0. The lowest BCUT2D eigenvalue weighted by Gasteiger charge is -2.46. The van der Waals surface area contributed by atoms with Gasteiger partial charge >= 0.3 is 6.85 Å². The molecule has 3 heterocycles. The van der Waals surface area contributed by atoms with E-state index in [1.54, 1.807) is 0 Å². The molecular weight excluding hydrogens is 800 g/mol. The van der Waals surface area contributed by atoms with Crippen molar-refractivity contribution in [3.8, 4) is 44.5 Å². The molecule has 2 aliphatic rings. The van der Waals surface area contributed by atoms with Gasteiger partial charge in [-0.1, -0.05) is 172 Å². The maximum absolute atomic E-state index is 7.16. The summed E-state index contributed by atoms with van der Waals surface area (Å²) in [5.41, 5.74) is 22.4. The summed E-state index contributed by atoms with van der Waals surface area (Å²) >= 11 is 0. The molecule has 10 aromatic rings. The largest absolute Gasteiger partial charge is 0.454 e. The fourth-order valence-corrected chi connectivity index (χ4v) is 10.7. The zero-order chi connectivity index (χ0) is 44.1. The lowest BCUT2D eigenvalue weighted by atomic mass is 9.43. The minimum Gasteiger partial charge on any atom is -0.454 e. The molecule has 9 aromatic carbocycles. The fourth-order valence-electron chi connectivity index (χ4n) is 10.7. The van der Waals surface area contributed by atoms with Crippen molar-refractivity contribution in [2.75, 3.05) is 9.71 Å². The van der Waals surface area contributed by atoms with Gasteiger partial charge in [-0.2, -0.15) is 0 Å². The first-order valence-corrected chi connectivity index (χ1v) is 23.9. The number of rotatable bonds is 11. The van der Waals surface area contributed by atoms with Gasteiger partial charge in [0.1, 0.15) is 5.58 Å². The average molecular weight is 851 g/mol. The number of fused-ring (bicyclic) bond motifs is 8. The van der Waals surface area contributed by atoms with Gasteiger partial charge in [0.25, 0.3) is 0 Å². The van der Waals surface area contributed by atoms with Crippen LogP contribution in [0.4, 0.5) is 28.4 Å². The molecule has 0 spiro atoms. The van der Waals surface area contributed by atoms with Crippen LogP contribution < -0.4 is 20.6 Å². The molecule has 0 amide bonds. The van der Waals surface area contributed by atoms with Crippen LogP contribution in [0.25, 0.3) is 66.4 Å². The summed E-state index contributed by atoms with van der Waals surface area (Å²) in [6, 6.07) is 74.6. The highest BCUT2D eigenvalue weighted by Gasteiger charge is 2.47. The Labute approximate surface area is 388 Å². The minimum absolute atomic E-state index is 0.163. The van der Waals surface area contributed by atoms with E-state index in [1.165, 1.54) is 90.8 Å². The lowest BCUT2D eigenvalue weighted by molar-refractivity contribution is 0.669. The van der Waals surface area contributed by atoms with Crippen LogP contribution in [-0.2, 0) is 12.8 Å². The first-order chi connectivity index (χ1) is 32.7. The Kier molecular flexibility index (Phi) is 10.2. The van der Waals surface area contributed by atoms with Crippen LogP contribution in [0.3, 0.4) is 0 Å². The molecule has 0 unspecified atom stereocenters. The van der Waals surface area contributed by atoms with Gasteiger partial charge in [-0.25, -0.2) is 0 Å². The Morgan fingerprint density at radius 3 is 1.79 bits per heavy atom. The van der Waals surface area contributed by atoms with E-state index in [9.17, 15) is 0 Å². The van der Waals surface area contributed by atoms with Gasteiger partial charge in [0.2, 0.25) is 0 Å². The van der Waals surface area contributed by atoms with Crippen molar-refractivity contribution in [2.24, 2.45) is 0 Å². The quantitative estimate of drug-likeness (QED) is 0.121. The number of aryl methyl sites for hydroxylation is 2. The Hall–Kier alpha value is -7.56. The molecule has 0 aliphatic carbocycles. The van der Waals surface area contributed by atoms with Crippen molar-refractivity contribution < 1.29 is 4.42 Å². The predicted molar refractivity (Wildman–Crippen MR) is 281 cm³/mol. The van der Waals surface area contributed by atoms with Gasteiger partial charge in [-0.15, -0.1) is 0 Å². The Morgan fingerprint density at radius 1 is 0.439 bits per heavy atom. The molecule has 12 rings (SSSR count). The summed E-state index contributed by atoms with van der Waals surface area (Å²) in [6.07, 6.45) is 6.77. The molecule has 0 bridgehead atoms. The number of anilines is 5. The second kappa shape index (κ2) is 16.8. The van der Waals surface area contributed by atoms with Crippen LogP contribution >= 0.6 is 0 Å². The van der Waals surface area contributed by atoms with Gasteiger partial charge < -0.3 is 14.1 Å². The van der Waals surface area contributed by atoms with E-state index >= 15 is 0 Å². The summed E-state index contributed by atoms with van der Waals surface area (Å²) in [5.74, 6) is 0. The van der Waals surface area contributed by atoms with E-state index in [0.29, 0.717) is 0 Å². The molecule has 0 fully saturated rings. The van der Waals surface area contributed by atoms with Crippen LogP contribution in [0.1, 0.15) is 50.7 Å². The molecule has 0 saturated carbocycles. The van der Waals surface area contributed by atoms with Gasteiger partial charge in [0.05, 0.1) is 11.4 Å². The van der Waals surface area contributed by atoms with E-state index < -0.39 is 0 Å². The topological polar surface area (TPSA) is 19.6 Å². The van der Waals surface area contributed by atoms with Crippen molar-refractivity contribution in [2.45, 2.75) is 52.4 Å². The zero-order valence-corrected chi connectivity index (χ0v) is 37.7. The van der Waals surface area contributed by atoms with Gasteiger partial charge in [0.15, 0.2) is 5.58 Å². The third-order valence-corrected chi connectivity index (χ3v) is 14.0. The van der Waals surface area contributed by atoms with Gasteiger partial charge in [-0.3, -0.25) is 0 Å². The van der Waals surface area contributed by atoms with Gasteiger partial charge in [0, 0.05) is 39.0 Å². The van der Waals surface area contributed by atoms with Crippen LogP contribution in [0.15, 0.2) is 205 Å². The normalized spacial score (nSPS) is 12.7. The van der Waals surface area contributed by atoms with E-state index in [-0.39, 0.29) is 6.85 Å². The fraction of sp³-hybridized carbons (Fsp3) is 0.129. The van der Waals surface area contributed by atoms with E-state index in [1.807, 2.05) is 0 Å². The van der Waals surface area contributed by atoms with Crippen LogP contribution in [0.2, 0.25) is 0 Å². The number of benzene rings is 9. The molecule has 4 heteroatoms. The first kappa shape index (κ1) is 40.0. The summed E-state index contributed by atoms with van der Waals surface area (Å²) in [4.78, 5) is 5.20. The molecule has 66 heavy (non-hydrogen) atoms. The molecule has 0 radical (unpaired) electrons. The number of unbranched alkanes of at least 4 members (excludes halogenated alkanes) is 2. The molecule has 3 nitrogen and oxygen atoms in total.